The molecule has 0 unspecified atom stereocenters. The lowest BCUT2D eigenvalue weighted by atomic mass is 9.98. The van der Waals surface area contributed by atoms with Gasteiger partial charge in [0, 0.05) is 12.0 Å². The van der Waals surface area contributed by atoms with Crippen molar-refractivity contribution in [2.75, 3.05) is 0 Å². The third-order valence-electron chi connectivity index (χ3n) is 2.29. The summed E-state index contributed by atoms with van der Waals surface area (Å²) in [4.78, 5) is 21.8. The smallest absolute Gasteiger partial charge is 0.160 e. The largest absolute Gasteiger partial charge is 0.298 e. The van der Waals surface area contributed by atoms with Gasteiger partial charge in [-0.05, 0) is 23.3 Å². The van der Waals surface area contributed by atoms with Crippen molar-refractivity contribution in [3.05, 3.63) is 53.6 Å². The van der Waals surface area contributed by atoms with Gasteiger partial charge >= 0.3 is 0 Å². The van der Waals surface area contributed by atoms with E-state index in [4.69, 9.17) is 0 Å². The monoisotopic (exact) mass is 198 g/mol. The fraction of sp³-hybridized carbons (Fsp3) is 0.0769. The van der Waals surface area contributed by atoms with Crippen molar-refractivity contribution in [1.29, 1.82) is 0 Å². The third-order valence-corrected chi connectivity index (χ3v) is 2.29. The minimum Gasteiger partial charge on any atom is -0.298 e. The second-order valence-electron chi connectivity index (χ2n) is 3.42. The van der Waals surface area contributed by atoms with Gasteiger partial charge in [0.2, 0.25) is 0 Å². The van der Waals surface area contributed by atoms with Crippen molar-refractivity contribution >= 4 is 17.6 Å². The Bertz CT molecular complexity index is 467. The molecule has 0 atom stereocenters. The van der Waals surface area contributed by atoms with Crippen LogP contribution < -0.4 is 0 Å². The quantitative estimate of drug-likeness (QED) is 0.684. The maximum Gasteiger partial charge on any atom is 0.160 e. The Morgan fingerprint density at radius 1 is 1.27 bits per heavy atom. The molecule has 1 aromatic carbocycles. The molecule has 1 aliphatic rings. The number of hydrogen-bond donors (Lipinski definition) is 0. The van der Waals surface area contributed by atoms with Crippen molar-refractivity contribution in [3.8, 4) is 0 Å². The van der Waals surface area contributed by atoms with Crippen LogP contribution >= 0.6 is 0 Å². The van der Waals surface area contributed by atoms with E-state index in [1.807, 2.05) is 24.3 Å². The van der Waals surface area contributed by atoms with Gasteiger partial charge in [0.1, 0.15) is 6.29 Å². The van der Waals surface area contributed by atoms with Gasteiger partial charge in [-0.15, -0.1) is 0 Å². The third kappa shape index (κ3) is 2.10. The summed E-state index contributed by atoms with van der Waals surface area (Å²) >= 11 is 0. The van der Waals surface area contributed by atoms with Gasteiger partial charge in [0.05, 0.1) is 0 Å². The van der Waals surface area contributed by atoms with Crippen LogP contribution in [-0.4, -0.2) is 12.1 Å². The van der Waals surface area contributed by atoms with Crippen LogP contribution in [0.3, 0.4) is 0 Å². The number of carbonyl (C=O) groups excluding carboxylic acids is 2. The molecule has 0 spiro atoms. The Morgan fingerprint density at radius 3 is 2.87 bits per heavy atom. The molecule has 1 aliphatic carbocycles. The van der Waals surface area contributed by atoms with Crippen LogP contribution in [0.15, 0.2) is 42.5 Å². The SMILES string of the molecule is O=Cc1cccc(C2=CC(=O)CC=C2)c1. The summed E-state index contributed by atoms with van der Waals surface area (Å²) in [5, 5.41) is 0. The second-order valence-corrected chi connectivity index (χ2v) is 3.42. The highest BCUT2D eigenvalue weighted by Gasteiger charge is 2.06. The van der Waals surface area contributed by atoms with Crippen LogP contribution in [0.5, 0.6) is 0 Å². The van der Waals surface area contributed by atoms with Gasteiger partial charge < -0.3 is 0 Å². The highest BCUT2D eigenvalue weighted by molar-refractivity contribution is 6.02. The molecule has 0 amide bonds. The molecule has 0 N–H and O–H groups in total. The van der Waals surface area contributed by atoms with E-state index in [1.54, 1.807) is 18.2 Å². The van der Waals surface area contributed by atoms with Crippen LogP contribution in [0.1, 0.15) is 22.3 Å². The number of rotatable bonds is 2. The average molecular weight is 198 g/mol. The van der Waals surface area contributed by atoms with Gasteiger partial charge in [-0.3, -0.25) is 9.59 Å². The van der Waals surface area contributed by atoms with Crippen LogP contribution in [0.4, 0.5) is 0 Å². The molecule has 0 radical (unpaired) electrons. The van der Waals surface area contributed by atoms with Gasteiger partial charge in [-0.25, -0.2) is 0 Å². The summed E-state index contributed by atoms with van der Waals surface area (Å²) in [5.74, 6) is 0.101. The predicted molar refractivity (Wildman–Crippen MR) is 58.6 cm³/mol. The molecule has 15 heavy (non-hydrogen) atoms. The topological polar surface area (TPSA) is 34.1 Å². The molecule has 0 saturated heterocycles. The molecule has 0 saturated carbocycles. The lowest BCUT2D eigenvalue weighted by Crippen LogP contribution is -1.97. The fourth-order valence-corrected chi connectivity index (χ4v) is 1.55. The van der Waals surface area contributed by atoms with Crippen molar-refractivity contribution in [1.82, 2.24) is 0 Å². The lowest BCUT2D eigenvalue weighted by molar-refractivity contribution is -0.113. The molecular weight excluding hydrogens is 188 g/mol. The van der Waals surface area contributed by atoms with Crippen molar-refractivity contribution in [2.45, 2.75) is 6.42 Å². The van der Waals surface area contributed by atoms with Gasteiger partial charge in [-0.1, -0.05) is 30.4 Å². The van der Waals surface area contributed by atoms with Crippen LogP contribution in [0.25, 0.3) is 5.57 Å². The summed E-state index contributed by atoms with van der Waals surface area (Å²) in [6.45, 7) is 0. The van der Waals surface area contributed by atoms with E-state index < -0.39 is 0 Å². The van der Waals surface area contributed by atoms with E-state index in [1.165, 1.54) is 0 Å². The minimum absolute atomic E-state index is 0.101. The Morgan fingerprint density at radius 2 is 2.13 bits per heavy atom. The molecule has 2 nitrogen and oxygen atoms in total. The Balaban J connectivity index is 2.41. The zero-order valence-electron chi connectivity index (χ0n) is 8.14. The van der Waals surface area contributed by atoms with Gasteiger partial charge in [-0.2, -0.15) is 0 Å². The standard InChI is InChI=1S/C13H10O2/c14-9-10-3-1-4-11(7-10)12-5-2-6-13(15)8-12/h1-5,7-9H,6H2. The van der Waals surface area contributed by atoms with E-state index >= 15 is 0 Å². The van der Waals surface area contributed by atoms with Crippen LogP contribution in [0, 0.1) is 0 Å². The first-order valence-corrected chi connectivity index (χ1v) is 4.76. The maximum atomic E-state index is 11.2. The van der Waals surface area contributed by atoms with Crippen LogP contribution in [-0.2, 0) is 4.79 Å². The summed E-state index contributed by atoms with van der Waals surface area (Å²) in [6.07, 6.45) is 6.63. The summed E-state index contributed by atoms with van der Waals surface area (Å²) in [7, 11) is 0. The number of aldehydes is 1. The zero-order chi connectivity index (χ0) is 10.7. The summed E-state index contributed by atoms with van der Waals surface area (Å²) < 4.78 is 0. The van der Waals surface area contributed by atoms with E-state index in [9.17, 15) is 9.59 Å². The predicted octanol–water partition coefficient (Wildman–Crippen LogP) is 2.41. The fourth-order valence-electron chi connectivity index (χ4n) is 1.55. The maximum absolute atomic E-state index is 11.2. The minimum atomic E-state index is 0.101. The first-order valence-electron chi connectivity index (χ1n) is 4.76. The second kappa shape index (κ2) is 4.05. The molecule has 0 aromatic heterocycles. The molecule has 74 valence electrons. The van der Waals surface area contributed by atoms with E-state index in [-0.39, 0.29) is 5.78 Å². The first kappa shape index (κ1) is 9.59. The lowest BCUT2D eigenvalue weighted by Gasteiger charge is -2.06. The van der Waals surface area contributed by atoms with Crippen molar-refractivity contribution < 1.29 is 9.59 Å². The molecule has 1 aromatic rings. The zero-order valence-corrected chi connectivity index (χ0v) is 8.14. The molecule has 2 rings (SSSR count). The highest BCUT2D eigenvalue weighted by Crippen LogP contribution is 2.20. The Kier molecular flexibility index (Phi) is 2.59. The molecule has 0 aliphatic heterocycles. The normalized spacial score (nSPS) is 14.9. The highest BCUT2D eigenvalue weighted by atomic mass is 16.1. The summed E-state index contributed by atoms with van der Waals surface area (Å²) in [5.41, 5.74) is 2.40. The van der Waals surface area contributed by atoms with Crippen molar-refractivity contribution in [2.24, 2.45) is 0 Å². The molecule has 0 fully saturated rings. The molecular formula is C13H10O2. The number of carbonyl (C=O) groups is 2. The Hall–Kier alpha value is -1.96. The van der Waals surface area contributed by atoms with Crippen LogP contribution in [0.2, 0.25) is 0 Å². The number of ketones is 1. The van der Waals surface area contributed by atoms with Gasteiger partial charge in [0.25, 0.3) is 0 Å². The number of benzene rings is 1. The van der Waals surface area contributed by atoms with Gasteiger partial charge in [0.15, 0.2) is 5.78 Å². The van der Waals surface area contributed by atoms with E-state index in [0.29, 0.717) is 12.0 Å². The van der Waals surface area contributed by atoms with E-state index in [0.717, 1.165) is 17.4 Å². The molecule has 0 bridgehead atoms. The van der Waals surface area contributed by atoms with Crippen molar-refractivity contribution in [3.63, 3.8) is 0 Å². The average Bonchev–Trinajstić information content (AvgIpc) is 2.29. The van der Waals surface area contributed by atoms with E-state index in [2.05, 4.69) is 0 Å². The summed E-state index contributed by atoms with van der Waals surface area (Å²) in [6, 6.07) is 7.22. The number of allylic oxidation sites excluding steroid dienone is 4. The first-order chi connectivity index (χ1) is 7.29. The Labute approximate surface area is 87.9 Å². The molecule has 2 heteroatoms. The number of hydrogen-bond acceptors (Lipinski definition) is 2. The molecule has 0 heterocycles.